The maximum atomic E-state index is 12.2. The predicted octanol–water partition coefficient (Wildman–Crippen LogP) is 3.45. The molecule has 98 valence electrons. The lowest BCUT2D eigenvalue weighted by Crippen LogP contribution is -2.47. The largest absolute Gasteiger partial charge is 0.345 e. The number of carbonyl (C=O) groups excluding carboxylic acids is 1. The molecule has 0 aromatic heterocycles. The highest BCUT2D eigenvalue weighted by Crippen LogP contribution is 2.28. The number of nitrogens with one attached hydrogen (secondary N) is 1. The number of amides is 1. The quantitative estimate of drug-likeness (QED) is 0.830. The Labute approximate surface area is 114 Å². The van der Waals surface area contributed by atoms with Crippen molar-refractivity contribution in [3.8, 4) is 0 Å². The average molecular weight is 266 g/mol. The second-order valence-electron chi connectivity index (χ2n) is 5.30. The molecule has 1 atom stereocenters. The monoisotopic (exact) mass is 265 g/mol. The third-order valence-corrected chi connectivity index (χ3v) is 4.34. The van der Waals surface area contributed by atoms with Gasteiger partial charge < -0.3 is 5.32 Å². The van der Waals surface area contributed by atoms with Crippen LogP contribution in [-0.2, 0) is 10.3 Å². The van der Waals surface area contributed by atoms with Crippen molar-refractivity contribution in [2.75, 3.05) is 5.88 Å². The van der Waals surface area contributed by atoms with Crippen molar-refractivity contribution >= 4 is 17.5 Å². The molecular formula is C15H20ClNO. The van der Waals surface area contributed by atoms with Crippen LogP contribution in [0.1, 0.15) is 38.2 Å². The molecule has 18 heavy (non-hydrogen) atoms. The highest BCUT2D eigenvalue weighted by atomic mass is 35.5. The lowest BCUT2D eigenvalue weighted by Gasteiger charge is -2.30. The van der Waals surface area contributed by atoms with Gasteiger partial charge in [0.1, 0.15) is 0 Å². The molecule has 1 N–H and O–H groups in total. The van der Waals surface area contributed by atoms with E-state index in [4.69, 9.17) is 11.6 Å². The molecule has 1 saturated carbocycles. The van der Waals surface area contributed by atoms with E-state index in [1.165, 1.54) is 12.8 Å². The third kappa shape index (κ3) is 2.86. The van der Waals surface area contributed by atoms with Gasteiger partial charge in [-0.05, 0) is 25.3 Å². The second kappa shape index (κ2) is 5.75. The molecule has 0 bridgehead atoms. The number of hydrogen-bond donors (Lipinski definition) is 1. The summed E-state index contributed by atoms with van der Waals surface area (Å²) >= 11 is 6.08. The summed E-state index contributed by atoms with van der Waals surface area (Å²) in [6, 6.07) is 9.94. The van der Waals surface area contributed by atoms with Gasteiger partial charge in [0, 0.05) is 11.8 Å². The molecule has 0 aliphatic heterocycles. The summed E-state index contributed by atoms with van der Waals surface area (Å²) < 4.78 is 0. The number of rotatable bonds is 4. The van der Waals surface area contributed by atoms with E-state index in [-0.39, 0.29) is 11.8 Å². The fraction of sp³-hybridized carbons (Fsp3) is 0.533. The van der Waals surface area contributed by atoms with Crippen LogP contribution >= 0.6 is 11.6 Å². The third-order valence-electron chi connectivity index (χ3n) is 3.80. The van der Waals surface area contributed by atoms with Gasteiger partial charge in [0.05, 0.1) is 5.54 Å². The number of hydrogen-bond acceptors (Lipinski definition) is 1. The van der Waals surface area contributed by atoms with Crippen LogP contribution < -0.4 is 5.32 Å². The van der Waals surface area contributed by atoms with E-state index >= 15 is 0 Å². The minimum atomic E-state index is -0.470. The van der Waals surface area contributed by atoms with Gasteiger partial charge in [0.15, 0.2) is 0 Å². The van der Waals surface area contributed by atoms with E-state index in [0.29, 0.717) is 5.88 Å². The lowest BCUT2D eigenvalue weighted by molar-refractivity contribution is -0.126. The molecule has 0 heterocycles. The summed E-state index contributed by atoms with van der Waals surface area (Å²) in [4.78, 5) is 12.2. The Kier molecular flexibility index (Phi) is 4.28. The van der Waals surface area contributed by atoms with Crippen LogP contribution in [-0.4, -0.2) is 11.8 Å². The highest BCUT2D eigenvalue weighted by Gasteiger charge is 2.31. The Morgan fingerprint density at radius 1 is 1.33 bits per heavy atom. The Morgan fingerprint density at radius 2 is 1.94 bits per heavy atom. The van der Waals surface area contributed by atoms with Gasteiger partial charge in [-0.25, -0.2) is 0 Å². The normalized spacial score (nSPS) is 19.4. The zero-order valence-electron chi connectivity index (χ0n) is 10.8. The van der Waals surface area contributed by atoms with Gasteiger partial charge in [-0.1, -0.05) is 43.2 Å². The number of halogens is 1. The van der Waals surface area contributed by atoms with Crippen molar-refractivity contribution in [1.29, 1.82) is 0 Å². The van der Waals surface area contributed by atoms with E-state index in [0.717, 1.165) is 18.4 Å². The standard InChI is InChI=1S/C15H20ClNO/c1-15(11-16,13-9-3-2-4-10-13)17-14(18)12-7-5-6-8-12/h2-4,9-10,12H,5-8,11H2,1H3,(H,17,18). The summed E-state index contributed by atoms with van der Waals surface area (Å²) in [5.41, 5.74) is 0.592. The van der Waals surface area contributed by atoms with Gasteiger partial charge in [0.2, 0.25) is 5.91 Å². The molecule has 0 spiro atoms. The van der Waals surface area contributed by atoms with Crippen LogP contribution in [0.15, 0.2) is 30.3 Å². The first-order valence-corrected chi connectivity index (χ1v) is 7.13. The van der Waals surface area contributed by atoms with Crippen LogP contribution in [0.25, 0.3) is 0 Å². The molecule has 1 aromatic rings. The van der Waals surface area contributed by atoms with Crippen molar-refractivity contribution in [3.05, 3.63) is 35.9 Å². The zero-order chi connectivity index (χ0) is 13.0. The number of alkyl halides is 1. The summed E-state index contributed by atoms with van der Waals surface area (Å²) in [5.74, 6) is 0.714. The summed E-state index contributed by atoms with van der Waals surface area (Å²) in [6.07, 6.45) is 4.36. The first kappa shape index (κ1) is 13.4. The SMILES string of the molecule is CC(CCl)(NC(=O)C1CCCC1)c1ccccc1. The Bertz CT molecular complexity index is 400. The van der Waals surface area contributed by atoms with E-state index < -0.39 is 5.54 Å². The molecule has 2 rings (SSSR count). The summed E-state index contributed by atoms with van der Waals surface area (Å²) in [7, 11) is 0. The van der Waals surface area contributed by atoms with E-state index in [1.54, 1.807) is 0 Å². The fourth-order valence-corrected chi connectivity index (χ4v) is 2.77. The van der Waals surface area contributed by atoms with E-state index in [1.807, 2.05) is 37.3 Å². The first-order chi connectivity index (χ1) is 8.65. The molecule has 2 nitrogen and oxygen atoms in total. The number of benzene rings is 1. The van der Waals surface area contributed by atoms with Gasteiger partial charge in [-0.3, -0.25) is 4.79 Å². The average Bonchev–Trinajstić information content (AvgIpc) is 2.93. The molecule has 1 aromatic carbocycles. The molecular weight excluding hydrogens is 246 g/mol. The van der Waals surface area contributed by atoms with Gasteiger partial charge in [-0.2, -0.15) is 0 Å². The van der Waals surface area contributed by atoms with Crippen LogP contribution in [0.5, 0.6) is 0 Å². The van der Waals surface area contributed by atoms with Crippen LogP contribution in [0.4, 0.5) is 0 Å². The highest BCUT2D eigenvalue weighted by molar-refractivity contribution is 6.18. The topological polar surface area (TPSA) is 29.1 Å². The molecule has 0 saturated heterocycles. The van der Waals surface area contributed by atoms with E-state index in [9.17, 15) is 4.79 Å². The van der Waals surface area contributed by atoms with Crippen molar-refractivity contribution in [3.63, 3.8) is 0 Å². The molecule has 1 aliphatic rings. The molecule has 1 unspecified atom stereocenters. The van der Waals surface area contributed by atoms with Crippen LogP contribution in [0, 0.1) is 5.92 Å². The minimum Gasteiger partial charge on any atom is -0.345 e. The minimum absolute atomic E-state index is 0.152. The molecule has 0 radical (unpaired) electrons. The fourth-order valence-electron chi connectivity index (χ4n) is 2.55. The summed E-state index contributed by atoms with van der Waals surface area (Å²) in [6.45, 7) is 1.99. The maximum Gasteiger partial charge on any atom is 0.223 e. The van der Waals surface area contributed by atoms with Crippen LogP contribution in [0.3, 0.4) is 0 Å². The summed E-state index contributed by atoms with van der Waals surface area (Å²) in [5, 5.41) is 3.13. The molecule has 1 aliphatic carbocycles. The zero-order valence-corrected chi connectivity index (χ0v) is 11.5. The predicted molar refractivity (Wildman–Crippen MR) is 74.6 cm³/mol. The number of carbonyl (C=O) groups is 1. The lowest BCUT2D eigenvalue weighted by atomic mass is 9.93. The smallest absolute Gasteiger partial charge is 0.223 e. The maximum absolute atomic E-state index is 12.2. The molecule has 1 fully saturated rings. The Balaban J connectivity index is 2.10. The van der Waals surface area contributed by atoms with Crippen molar-refractivity contribution in [2.24, 2.45) is 5.92 Å². The van der Waals surface area contributed by atoms with Crippen molar-refractivity contribution in [1.82, 2.24) is 5.32 Å². The van der Waals surface area contributed by atoms with Crippen molar-refractivity contribution < 1.29 is 4.79 Å². The molecule has 1 amide bonds. The van der Waals surface area contributed by atoms with Crippen molar-refractivity contribution in [2.45, 2.75) is 38.1 Å². The Morgan fingerprint density at radius 3 is 2.50 bits per heavy atom. The van der Waals surface area contributed by atoms with Gasteiger partial charge in [-0.15, -0.1) is 11.6 Å². The first-order valence-electron chi connectivity index (χ1n) is 6.59. The Hall–Kier alpha value is -1.02. The van der Waals surface area contributed by atoms with Gasteiger partial charge >= 0.3 is 0 Å². The van der Waals surface area contributed by atoms with E-state index in [2.05, 4.69) is 5.32 Å². The van der Waals surface area contributed by atoms with Gasteiger partial charge in [0.25, 0.3) is 0 Å². The second-order valence-corrected chi connectivity index (χ2v) is 5.57. The van der Waals surface area contributed by atoms with Crippen LogP contribution in [0.2, 0.25) is 0 Å². The molecule has 3 heteroatoms.